The standard InChI is InChI=1S/C16H34O4S.3C2H6O.H3N/c1-2-3-4-5-6-7-8-9-10-11-12-13-14-15-16-20-21(17,18)19;3*1-2-3;/h2-16H2,1H3,(H,17,18,19);3*3H,2H2,1H3;1H3. The average Bonchev–Trinajstić information content (AvgIpc) is 2.66. The molecule has 0 heterocycles. The minimum atomic E-state index is -4.49. The molecule has 196 valence electrons. The van der Waals surface area contributed by atoms with Gasteiger partial charge in [0.1, 0.15) is 0 Å². The van der Waals surface area contributed by atoms with Crippen LogP contribution in [-0.2, 0) is 14.6 Å². The third kappa shape index (κ3) is 72.7. The van der Waals surface area contributed by atoms with Crippen LogP contribution in [0, 0.1) is 0 Å². The summed E-state index contributed by atoms with van der Waals surface area (Å²) in [6, 6.07) is 0. The molecule has 0 aromatic rings. The Morgan fingerprint density at radius 2 is 0.806 bits per heavy atom. The number of quaternary nitrogens is 1. The van der Waals surface area contributed by atoms with Gasteiger partial charge in [-0.25, -0.2) is 8.42 Å². The van der Waals surface area contributed by atoms with Crippen molar-refractivity contribution in [1.29, 1.82) is 0 Å². The maximum Gasteiger partial charge on any atom is 0.217 e. The first kappa shape index (κ1) is 41.0. The normalized spacial score (nSPS) is 9.81. The van der Waals surface area contributed by atoms with Crippen LogP contribution in [0.25, 0.3) is 0 Å². The van der Waals surface area contributed by atoms with E-state index in [1.807, 2.05) is 0 Å². The van der Waals surface area contributed by atoms with Crippen LogP contribution in [0.15, 0.2) is 0 Å². The van der Waals surface area contributed by atoms with Crippen LogP contribution in [0.2, 0.25) is 0 Å². The van der Waals surface area contributed by atoms with E-state index in [0.717, 1.165) is 12.8 Å². The SMILES string of the molecule is CCCCCCCCCCCCCCCCOS(=O)(=O)[O-].CCO.CCO.CCO.[NH4+]. The number of hydrogen-bond donors (Lipinski definition) is 4. The lowest BCUT2D eigenvalue weighted by atomic mass is 10.0. The molecule has 0 aromatic heterocycles. The molecule has 0 radical (unpaired) electrons. The van der Waals surface area contributed by atoms with Gasteiger partial charge in [0.2, 0.25) is 10.4 Å². The molecule has 0 aliphatic rings. The molecular weight excluding hydrogens is 422 g/mol. The van der Waals surface area contributed by atoms with Gasteiger partial charge >= 0.3 is 0 Å². The molecule has 0 fully saturated rings. The van der Waals surface area contributed by atoms with Gasteiger partial charge in [0.05, 0.1) is 6.61 Å². The monoisotopic (exact) mass is 477 g/mol. The van der Waals surface area contributed by atoms with E-state index < -0.39 is 10.4 Å². The zero-order chi connectivity index (χ0) is 23.9. The van der Waals surface area contributed by atoms with E-state index in [-0.39, 0.29) is 32.6 Å². The molecule has 0 spiro atoms. The summed E-state index contributed by atoms with van der Waals surface area (Å²) in [5.41, 5.74) is 0. The third-order valence-corrected chi connectivity index (χ3v) is 4.18. The van der Waals surface area contributed by atoms with Gasteiger partial charge in [-0.1, -0.05) is 90.4 Å². The lowest BCUT2D eigenvalue weighted by molar-refractivity contribution is 0.255. The summed E-state index contributed by atoms with van der Waals surface area (Å²) in [7, 11) is -4.49. The molecule has 7 N–H and O–H groups in total. The summed E-state index contributed by atoms with van der Waals surface area (Å²) < 4.78 is 34.7. The molecule has 0 unspecified atom stereocenters. The van der Waals surface area contributed by atoms with Crippen LogP contribution in [-0.4, -0.2) is 54.7 Å². The van der Waals surface area contributed by atoms with Crippen molar-refractivity contribution in [2.45, 2.75) is 118 Å². The summed E-state index contributed by atoms with van der Waals surface area (Å²) in [5, 5.41) is 22.7. The first-order valence-electron chi connectivity index (χ1n) is 11.7. The van der Waals surface area contributed by atoms with E-state index in [9.17, 15) is 13.0 Å². The molecule has 0 saturated carbocycles. The van der Waals surface area contributed by atoms with Crippen molar-refractivity contribution in [1.82, 2.24) is 6.15 Å². The number of unbranched alkanes of at least 4 members (excludes halogenated alkanes) is 13. The van der Waals surface area contributed by atoms with Crippen molar-refractivity contribution in [3.05, 3.63) is 0 Å². The second kappa shape index (κ2) is 40.1. The fraction of sp³-hybridized carbons (Fsp3) is 1.00. The second-order valence-corrected chi connectivity index (χ2v) is 7.83. The van der Waals surface area contributed by atoms with E-state index >= 15 is 0 Å². The number of aliphatic hydroxyl groups excluding tert-OH is 3. The Bertz CT molecular complexity index is 351. The fourth-order valence-corrected chi connectivity index (χ4v) is 2.78. The highest BCUT2D eigenvalue weighted by molar-refractivity contribution is 7.80. The predicted molar refractivity (Wildman–Crippen MR) is 130 cm³/mol. The Kier molecular flexibility index (Phi) is 53.1. The van der Waals surface area contributed by atoms with Crippen LogP contribution in [0.3, 0.4) is 0 Å². The summed E-state index contributed by atoms with van der Waals surface area (Å²) in [5.74, 6) is 0. The summed E-state index contributed by atoms with van der Waals surface area (Å²) in [6.45, 7) is 8.07. The van der Waals surface area contributed by atoms with Gasteiger partial charge in [-0.05, 0) is 27.2 Å². The number of hydrogen-bond acceptors (Lipinski definition) is 7. The molecule has 31 heavy (non-hydrogen) atoms. The topological polar surface area (TPSA) is 164 Å². The van der Waals surface area contributed by atoms with Crippen LogP contribution in [0.4, 0.5) is 0 Å². The predicted octanol–water partition coefficient (Wildman–Crippen LogP) is 5.32. The quantitative estimate of drug-likeness (QED) is 0.133. The van der Waals surface area contributed by atoms with Crippen LogP contribution in [0.1, 0.15) is 118 Å². The van der Waals surface area contributed by atoms with E-state index in [1.165, 1.54) is 70.6 Å². The molecular formula is C22H55NO7S. The van der Waals surface area contributed by atoms with Gasteiger partial charge in [-0.2, -0.15) is 0 Å². The lowest BCUT2D eigenvalue weighted by Gasteiger charge is -2.07. The molecule has 0 atom stereocenters. The summed E-state index contributed by atoms with van der Waals surface area (Å²) >= 11 is 0. The molecule has 0 aliphatic heterocycles. The Morgan fingerprint density at radius 1 is 0.581 bits per heavy atom. The van der Waals surface area contributed by atoms with Gasteiger partial charge in [-0.15, -0.1) is 0 Å². The van der Waals surface area contributed by atoms with Gasteiger partial charge < -0.3 is 26.0 Å². The summed E-state index contributed by atoms with van der Waals surface area (Å²) in [6.07, 6.45) is 17.4. The summed E-state index contributed by atoms with van der Waals surface area (Å²) in [4.78, 5) is 0. The minimum Gasteiger partial charge on any atom is -0.726 e. The zero-order valence-corrected chi connectivity index (χ0v) is 21.9. The van der Waals surface area contributed by atoms with Crippen molar-refractivity contribution in [3.63, 3.8) is 0 Å². The largest absolute Gasteiger partial charge is 0.726 e. The molecule has 0 saturated heterocycles. The highest BCUT2D eigenvalue weighted by Crippen LogP contribution is 2.12. The van der Waals surface area contributed by atoms with E-state index in [2.05, 4.69) is 11.1 Å². The highest BCUT2D eigenvalue weighted by Gasteiger charge is 1.96. The molecule has 0 aromatic carbocycles. The van der Waals surface area contributed by atoms with Crippen LogP contribution >= 0.6 is 0 Å². The average molecular weight is 478 g/mol. The Hall–Kier alpha value is -0.290. The van der Waals surface area contributed by atoms with Crippen LogP contribution in [0.5, 0.6) is 0 Å². The first-order chi connectivity index (χ1) is 14.3. The molecule has 9 heteroatoms. The second-order valence-electron chi connectivity index (χ2n) is 6.78. The molecule has 0 rings (SSSR count). The molecule has 0 amide bonds. The van der Waals surface area contributed by atoms with Crippen LogP contribution < -0.4 is 6.15 Å². The Morgan fingerprint density at radius 3 is 1.03 bits per heavy atom. The zero-order valence-electron chi connectivity index (χ0n) is 21.1. The molecule has 0 aliphatic carbocycles. The lowest BCUT2D eigenvalue weighted by Crippen LogP contribution is -2.05. The van der Waals surface area contributed by atoms with Crippen molar-refractivity contribution >= 4 is 10.4 Å². The first-order valence-corrected chi connectivity index (χ1v) is 13.1. The van der Waals surface area contributed by atoms with E-state index in [1.54, 1.807) is 20.8 Å². The van der Waals surface area contributed by atoms with Crippen molar-refractivity contribution in [2.75, 3.05) is 26.4 Å². The van der Waals surface area contributed by atoms with E-state index in [0.29, 0.717) is 6.42 Å². The Labute approximate surface area is 193 Å². The van der Waals surface area contributed by atoms with Crippen molar-refractivity contribution < 1.29 is 32.5 Å². The smallest absolute Gasteiger partial charge is 0.217 e. The van der Waals surface area contributed by atoms with Gasteiger partial charge in [0.25, 0.3) is 0 Å². The molecule has 0 bridgehead atoms. The fourth-order valence-electron chi connectivity index (χ4n) is 2.46. The van der Waals surface area contributed by atoms with Gasteiger partial charge in [0.15, 0.2) is 0 Å². The van der Waals surface area contributed by atoms with E-state index in [4.69, 9.17) is 15.3 Å². The number of rotatable bonds is 16. The molecule has 8 nitrogen and oxygen atoms in total. The van der Waals surface area contributed by atoms with Crippen molar-refractivity contribution in [2.24, 2.45) is 0 Å². The van der Waals surface area contributed by atoms with Crippen molar-refractivity contribution in [3.8, 4) is 0 Å². The third-order valence-electron chi connectivity index (χ3n) is 3.73. The number of aliphatic hydroxyl groups is 3. The maximum atomic E-state index is 10.2. The minimum absolute atomic E-state index is 0. The maximum absolute atomic E-state index is 10.2. The highest BCUT2D eigenvalue weighted by atomic mass is 32.3. The van der Waals surface area contributed by atoms with Gasteiger partial charge in [0, 0.05) is 19.8 Å². The van der Waals surface area contributed by atoms with Gasteiger partial charge in [-0.3, -0.25) is 4.18 Å². The Balaban J connectivity index is -0.000000192.